The number of morpholine rings is 1. The van der Waals surface area contributed by atoms with Crippen molar-refractivity contribution >= 4 is 17.5 Å². The summed E-state index contributed by atoms with van der Waals surface area (Å²) in [6, 6.07) is 16.1. The molecule has 0 bridgehead atoms. The molecule has 0 saturated carbocycles. The zero-order chi connectivity index (χ0) is 22.2. The van der Waals surface area contributed by atoms with Crippen LogP contribution in [0.4, 0.5) is 5.69 Å². The first kappa shape index (κ1) is 21.3. The molecule has 9 heteroatoms. The summed E-state index contributed by atoms with van der Waals surface area (Å²) in [4.78, 5) is 34.4. The van der Waals surface area contributed by atoms with Gasteiger partial charge in [-0.2, -0.15) is 0 Å². The van der Waals surface area contributed by atoms with Crippen molar-refractivity contribution in [3.05, 3.63) is 72.6 Å². The van der Waals surface area contributed by atoms with Crippen molar-refractivity contribution in [2.45, 2.75) is 0 Å². The quantitative estimate of drug-likeness (QED) is 0.610. The Labute approximate surface area is 185 Å². The Morgan fingerprint density at radius 3 is 2.31 bits per heavy atom. The van der Waals surface area contributed by atoms with Gasteiger partial charge in [0, 0.05) is 31.2 Å². The standard InChI is InChI=1S/C23H22N4O5/c28-21(27-10-12-30-13-11-27)16-31-19-8-6-18(7-9-19)26-22(29)17-14-24-23(25-15-17)32-20-4-2-1-3-5-20/h1-9,14-15H,10-13,16H2,(H,26,29). The molecule has 3 aromatic rings. The Balaban J connectivity index is 1.27. The summed E-state index contributed by atoms with van der Waals surface area (Å²) in [6.07, 6.45) is 2.80. The predicted octanol–water partition coefficient (Wildman–Crippen LogP) is 2.76. The van der Waals surface area contributed by atoms with Crippen molar-refractivity contribution in [3.63, 3.8) is 0 Å². The van der Waals surface area contributed by atoms with Crippen molar-refractivity contribution in [2.75, 3.05) is 38.2 Å². The molecule has 9 nitrogen and oxygen atoms in total. The molecule has 0 radical (unpaired) electrons. The molecule has 2 heterocycles. The number of benzene rings is 2. The molecule has 2 amide bonds. The minimum Gasteiger partial charge on any atom is -0.484 e. The minimum atomic E-state index is -0.354. The SMILES string of the molecule is O=C(Nc1ccc(OCC(=O)N2CCOCC2)cc1)c1cnc(Oc2ccccc2)nc1. The summed E-state index contributed by atoms with van der Waals surface area (Å²) >= 11 is 0. The summed E-state index contributed by atoms with van der Waals surface area (Å²) in [5.41, 5.74) is 0.869. The van der Waals surface area contributed by atoms with E-state index in [1.807, 2.05) is 18.2 Å². The largest absolute Gasteiger partial charge is 0.484 e. The van der Waals surface area contributed by atoms with Crippen LogP contribution in [0.2, 0.25) is 0 Å². The number of rotatable bonds is 7. The van der Waals surface area contributed by atoms with Gasteiger partial charge in [-0.05, 0) is 36.4 Å². The highest BCUT2D eigenvalue weighted by Crippen LogP contribution is 2.18. The van der Waals surface area contributed by atoms with Gasteiger partial charge in [-0.1, -0.05) is 18.2 Å². The molecule has 1 saturated heterocycles. The van der Waals surface area contributed by atoms with Gasteiger partial charge in [0.1, 0.15) is 11.5 Å². The molecule has 0 atom stereocenters. The van der Waals surface area contributed by atoms with E-state index in [1.54, 1.807) is 41.3 Å². The Bertz CT molecular complexity index is 1040. The molecule has 4 rings (SSSR count). The van der Waals surface area contributed by atoms with Gasteiger partial charge in [-0.3, -0.25) is 9.59 Å². The Hall–Kier alpha value is -3.98. The Morgan fingerprint density at radius 1 is 0.938 bits per heavy atom. The molecule has 2 aromatic carbocycles. The van der Waals surface area contributed by atoms with E-state index >= 15 is 0 Å². The highest BCUT2D eigenvalue weighted by molar-refractivity contribution is 6.03. The molecule has 1 aliphatic heterocycles. The lowest BCUT2D eigenvalue weighted by Gasteiger charge is -2.26. The van der Waals surface area contributed by atoms with Crippen LogP contribution in [0.15, 0.2) is 67.0 Å². The van der Waals surface area contributed by atoms with Gasteiger partial charge in [0.15, 0.2) is 6.61 Å². The Morgan fingerprint density at radius 2 is 1.62 bits per heavy atom. The van der Waals surface area contributed by atoms with E-state index in [2.05, 4.69) is 15.3 Å². The van der Waals surface area contributed by atoms with Gasteiger partial charge in [0.25, 0.3) is 11.8 Å². The number of amides is 2. The van der Waals surface area contributed by atoms with Crippen LogP contribution in [0, 0.1) is 0 Å². The first-order chi connectivity index (χ1) is 15.7. The van der Waals surface area contributed by atoms with Gasteiger partial charge in [-0.15, -0.1) is 0 Å². The number of hydrogen-bond donors (Lipinski definition) is 1. The van der Waals surface area contributed by atoms with E-state index in [1.165, 1.54) is 12.4 Å². The third-order valence-electron chi connectivity index (χ3n) is 4.68. The van der Waals surface area contributed by atoms with E-state index in [-0.39, 0.29) is 24.4 Å². The number of carbonyl (C=O) groups excluding carboxylic acids is 2. The maximum Gasteiger partial charge on any atom is 0.321 e. The molecule has 1 N–H and O–H groups in total. The number of carbonyl (C=O) groups is 2. The highest BCUT2D eigenvalue weighted by Gasteiger charge is 2.17. The predicted molar refractivity (Wildman–Crippen MR) is 116 cm³/mol. The number of anilines is 1. The number of hydrogen-bond acceptors (Lipinski definition) is 7. The lowest BCUT2D eigenvalue weighted by Crippen LogP contribution is -2.42. The molecule has 0 spiro atoms. The van der Waals surface area contributed by atoms with Crippen LogP contribution in [-0.4, -0.2) is 59.6 Å². The molecule has 1 aliphatic rings. The zero-order valence-electron chi connectivity index (χ0n) is 17.3. The van der Waals surface area contributed by atoms with Gasteiger partial charge < -0.3 is 24.4 Å². The van der Waals surface area contributed by atoms with Crippen LogP contribution >= 0.6 is 0 Å². The van der Waals surface area contributed by atoms with Crippen molar-refractivity contribution in [2.24, 2.45) is 0 Å². The third kappa shape index (κ3) is 5.79. The normalized spacial score (nSPS) is 13.3. The minimum absolute atomic E-state index is 0.0412. The van der Waals surface area contributed by atoms with Gasteiger partial charge in [0.2, 0.25) is 0 Å². The van der Waals surface area contributed by atoms with Gasteiger partial charge >= 0.3 is 6.01 Å². The number of nitrogens with one attached hydrogen (secondary N) is 1. The van der Waals surface area contributed by atoms with Crippen LogP contribution < -0.4 is 14.8 Å². The second-order valence-electron chi connectivity index (χ2n) is 6.93. The lowest BCUT2D eigenvalue weighted by atomic mass is 10.2. The third-order valence-corrected chi connectivity index (χ3v) is 4.68. The maximum atomic E-state index is 12.4. The van der Waals surface area contributed by atoms with Crippen molar-refractivity contribution < 1.29 is 23.8 Å². The molecule has 164 valence electrons. The van der Waals surface area contributed by atoms with E-state index in [0.29, 0.717) is 49.1 Å². The number of ether oxygens (including phenoxy) is 3. The van der Waals surface area contributed by atoms with Crippen molar-refractivity contribution in [1.82, 2.24) is 14.9 Å². The highest BCUT2D eigenvalue weighted by atomic mass is 16.5. The second-order valence-corrected chi connectivity index (χ2v) is 6.93. The van der Waals surface area contributed by atoms with Crippen LogP contribution in [0.1, 0.15) is 10.4 Å². The zero-order valence-corrected chi connectivity index (χ0v) is 17.3. The molecule has 1 aromatic heterocycles. The van der Waals surface area contributed by atoms with Crippen LogP contribution in [0.3, 0.4) is 0 Å². The maximum absolute atomic E-state index is 12.4. The number of aromatic nitrogens is 2. The summed E-state index contributed by atoms with van der Waals surface area (Å²) in [5, 5.41) is 2.77. The topological polar surface area (TPSA) is 103 Å². The summed E-state index contributed by atoms with van der Waals surface area (Å²) < 4.78 is 16.3. The fraction of sp³-hybridized carbons (Fsp3) is 0.217. The lowest BCUT2D eigenvalue weighted by molar-refractivity contribution is -0.137. The van der Waals surface area contributed by atoms with Crippen molar-refractivity contribution in [1.29, 1.82) is 0 Å². The molecule has 0 unspecified atom stereocenters. The molecular weight excluding hydrogens is 412 g/mol. The van der Waals surface area contributed by atoms with E-state index in [4.69, 9.17) is 14.2 Å². The summed E-state index contributed by atoms with van der Waals surface area (Å²) in [5.74, 6) is 0.715. The fourth-order valence-corrected chi connectivity index (χ4v) is 2.97. The molecule has 1 fully saturated rings. The number of nitrogens with zero attached hydrogens (tertiary/aromatic N) is 3. The molecule has 0 aliphatic carbocycles. The van der Waals surface area contributed by atoms with Crippen LogP contribution in [0.25, 0.3) is 0 Å². The average Bonchev–Trinajstić information content (AvgIpc) is 2.85. The van der Waals surface area contributed by atoms with E-state index in [9.17, 15) is 9.59 Å². The van der Waals surface area contributed by atoms with E-state index < -0.39 is 0 Å². The van der Waals surface area contributed by atoms with Crippen LogP contribution in [-0.2, 0) is 9.53 Å². The fourth-order valence-electron chi connectivity index (χ4n) is 2.97. The molecule has 32 heavy (non-hydrogen) atoms. The first-order valence-electron chi connectivity index (χ1n) is 10.1. The second kappa shape index (κ2) is 10.4. The summed E-state index contributed by atoms with van der Waals surface area (Å²) in [7, 11) is 0. The summed E-state index contributed by atoms with van der Waals surface area (Å²) in [6.45, 7) is 2.22. The van der Waals surface area contributed by atoms with Gasteiger partial charge in [0.05, 0.1) is 18.8 Å². The van der Waals surface area contributed by atoms with Crippen molar-refractivity contribution in [3.8, 4) is 17.5 Å². The van der Waals surface area contributed by atoms with E-state index in [0.717, 1.165) is 0 Å². The Kier molecular flexibility index (Phi) is 6.88. The average molecular weight is 434 g/mol. The smallest absolute Gasteiger partial charge is 0.321 e. The first-order valence-corrected chi connectivity index (χ1v) is 10.1. The van der Waals surface area contributed by atoms with Crippen LogP contribution in [0.5, 0.6) is 17.5 Å². The monoisotopic (exact) mass is 434 g/mol. The van der Waals surface area contributed by atoms with Gasteiger partial charge in [-0.25, -0.2) is 9.97 Å². The molecular formula is C23H22N4O5. The number of para-hydroxylation sites is 1.